The molecule has 0 unspecified atom stereocenters. The Morgan fingerprint density at radius 3 is 2.58 bits per heavy atom. The number of methoxy groups -OCH3 is 1. The molecular formula is C16H25NO2. The van der Waals surface area contributed by atoms with Crippen LogP contribution in [0.15, 0.2) is 18.2 Å². The molecule has 0 aliphatic carbocycles. The molecule has 0 radical (unpaired) electrons. The summed E-state index contributed by atoms with van der Waals surface area (Å²) in [6.07, 6.45) is 1.05. The van der Waals surface area contributed by atoms with Crippen LogP contribution in [-0.4, -0.2) is 32.9 Å². The van der Waals surface area contributed by atoms with Crippen molar-refractivity contribution in [2.24, 2.45) is 0 Å². The zero-order valence-corrected chi connectivity index (χ0v) is 12.5. The Kier molecular flexibility index (Phi) is 4.48. The molecule has 106 valence electrons. The second-order valence-electron chi connectivity index (χ2n) is 5.70. The standard InChI is InChI=1S/C16H25NO2/c1-5-13-6-7-15(18-4)14(8-13)16(10-19-11-16)9-17-12(2)3/h6-8,12,17H,5,9-11H2,1-4H3. The Bertz CT molecular complexity index is 425. The first kappa shape index (κ1) is 14.4. The molecule has 1 saturated heterocycles. The van der Waals surface area contributed by atoms with Gasteiger partial charge in [-0.2, -0.15) is 0 Å². The van der Waals surface area contributed by atoms with Gasteiger partial charge in [0.25, 0.3) is 0 Å². The lowest BCUT2D eigenvalue weighted by Gasteiger charge is -2.43. The summed E-state index contributed by atoms with van der Waals surface area (Å²) in [5.74, 6) is 0.978. The fourth-order valence-electron chi connectivity index (χ4n) is 2.49. The Balaban J connectivity index is 2.30. The summed E-state index contributed by atoms with van der Waals surface area (Å²) in [4.78, 5) is 0. The molecule has 0 amide bonds. The van der Waals surface area contributed by atoms with Crippen LogP contribution in [0.5, 0.6) is 5.75 Å². The molecular weight excluding hydrogens is 238 g/mol. The van der Waals surface area contributed by atoms with Gasteiger partial charge in [-0.3, -0.25) is 0 Å². The van der Waals surface area contributed by atoms with E-state index in [1.165, 1.54) is 11.1 Å². The number of aryl methyl sites for hydroxylation is 1. The fourth-order valence-corrected chi connectivity index (χ4v) is 2.49. The van der Waals surface area contributed by atoms with Crippen LogP contribution in [0.25, 0.3) is 0 Å². The predicted octanol–water partition coefficient (Wildman–Crippen LogP) is 2.52. The zero-order chi connectivity index (χ0) is 13.9. The zero-order valence-electron chi connectivity index (χ0n) is 12.5. The molecule has 1 heterocycles. The molecule has 0 bridgehead atoms. The van der Waals surface area contributed by atoms with E-state index in [4.69, 9.17) is 9.47 Å². The van der Waals surface area contributed by atoms with Crippen molar-refractivity contribution >= 4 is 0 Å². The molecule has 0 saturated carbocycles. The van der Waals surface area contributed by atoms with Crippen molar-refractivity contribution in [3.8, 4) is 5.75 Å². The minimum Gasteiger partial charge on any atom is -0.496 e. The Hall–Kier alpha value is -1.06. The Labute approximate surface area is 116 Å². The molecule has 1 aromatic carbocycles. The van der Waals surface area contributed by atoms with Crippen LogP contribution in [0.2, 0.25) is 0 Å². The second kappa shape index (κ2) is 5.93. The van der Waals surface area contributed by atoms with E-state index in [2.05, 4.69) is 44.3 Å². The van der Waals surface area contributed by atoms with Gasteiger partial charge < -0.3 is 14.8 Å². The first-order valence-electron chi connectivity index (χ1n) is 7.10. The molecule has 0 aromatic heterocycles. The van der Waals surface area contributed by atoms with Crippen molar-refractivity contribution in [3.05, 3.63) is 29.3 Å². The Morgan fingerprint density at radius 2 is 2.11 bits per heavy atom. The van der Waals surface area contributed by atoms with E-state index in [0.29, 0.717) is 6.04 Å². The van der Waals surface area contributed by atoms with Crippen LogP contribution >= 0.6 is 0 Å². The summed E-state index contributed by atoms with van der Waals surface area (Å²) < 4.78 is 11.1. The second-order valence-corrected chi connectivity index (χ2v) is 5.70. The first-order chi connectivity index (χ1) is 9.11. The van der Waals surface area contributed by atoms with Gasteiger partial charge in [0.2, 0.25) is 0 Å². The van der Waals surface area contributed by atoms with Gasteiger partial charge in [0, 0.05) is 18.2 Å². The summed E-state index contributed by atoms with van der Waals surface area (Å²) in [6.45, 7) is 9.02. The van der Waals surface area contributed by atoms with Gasteiger partial charge in [0.05, 0.1) is 25.7 Å². The van der Waals surface area contributed by atoms with E-state index in [9.17, 15) is 0 Å². The van der Waals surface area contributed by atoms with Crippen molar-refractivity contribution in [2.45, 2.75) is 38.6 Å². The number of ether oxygens (including phenoxy) is 2. The number of nitrogens with one attached hydrogen (secondary N) is 1. The lowest BCUT2D eigenvalue weighted by atomic mass is 9.77. The normalized spacial score (nSPS) is 17.3. The largest absolute Gasteiger partial charge is 0.496 e. The van der Waals surface area contributed by atoms with Crippen molar-refractivity contribution in [1.29, 1.82) is 0 Å². The number of hydrogen-bond acceptors (Lipinski definition) is 3. The maximum absolute atomic E-state index is 5.55. The summed E-state index contributed by atoms with van der Waals surface area (Å²) in [7, 11) is 1.74. The van der Waals surface area contributed by atoms with Gasteiger partial charge in [0.15, 0.2) is 0 Å². The average molecular weight is 263 g/mol. The third-order valence-electron chi connectivity index (χ3n) is 3.85. The minimum absolute atomic E-state index is 0.0702. The highest BCUT2D eigenvalue weighted by Crippen LogP contribution is 2.38. The minimum atomic E-state index is 0.0702. The number of hydrogen-bond donors (Lipinski definition) is 1. The maximum atomic E-state index is 5.55. The first-order valence-corrected chi connectivity index (χ1v) is 7.10. The predicted molar refractivity (Wildman–Crippen MR) is 78.0 cm³/mol. The topological polar surface area (TPSA) is 30.5 Å². The third-order valence-corrected chi connectivity index (χ3v) is 3.85. The van der Waals surface area contributed by atoms with Gasteiger partial charge in [0.1, 0.15) is 5.75 Å². The highest BCUT2D eigenvalue weighted by molar-refractivity contribution is 5.44. The molecule has 1 aliphatic heterocycles. The van der Waals surface area contributed by atoms with Crippen molar-refractivity contribution in [1.82, 2.24) is 5.32 Å². The van der Waals surface area contributed by atoms with E-state index in [-0.39, 0.29) is 5.41 Å². The van der Waals surface area contributed by atoms with E-state index in [0.717, 1.165) is 31.9 Å². The molecule has 1 N–H and O–H groups in total. The molecule has 1 aliphatic rings. The SMILES string of the molecule is CCc1ccc(OC)c(C2(CNC(C)C)COC2)c1. The van der Waals surface area contributed by atoms with Gasteiger partial charge in [-0.05, 0) is 18.1 Å². The maximum Gasteiger partial charge on any atom is 0.122 e. The number of rotatable bonds is 6. The van der Waals surface area contributed by atoms with Gasteiger partial charge in [-0.15, -0.1) is 0 Å². The lowest BCUT2D eigenvalue weighted by molar-refractivity contribution is -0.0606. The Morgan fingerprint density at radius 1 is 1.37 bits per heavy atom. The number of benzene rings is 1. The quantitative estimate of drug-likeness (QED) is 0.855. The van der Waals surface area contributed by atoms with Crippen molar-refractivity contribution in [3.63, 3.8) is 0 Å². The van der Waals surface area contributed by atoms with E-state index in [1.54, 1.807) is 7.11 Å². The summed E-state index contributed by atoms with van der Waals surface area (Å²) >= 11 is 0. The average Bonchev–Trinajstić information content (AvgIpc) is 2.37. The molecule has 0 spiro atoms. The monoisotopic (exact) mass is 263 g/mol. The molecule has 0 atom stereocenters. The van der Waals surface area contributed by atoms with Crippen LogP contribution in [0.1, 0.15) is 31.9 Å². The molecule has 1 fully saturated rings. The molecule has 3 heteroatoms. The molecule has 2 rings (SSSR count). The van der Waals surface area contributed by atoms with Crippen LogP contribution in [0.4, 0.5) is 0 Å². The molecule has 3 nitrogen and oxygen atoms in total. The van der Waals surface area contributed by atoms with E-state index >= 15 is 0 Å². The fraction of sp³-hybridized carbons (Fsp3) is 0.625. The van der Waals surface area contributed by atoms with Gasteiger partial charge in [-0.25, -0.2) is 0 Å². The summed E-state index contributed by atoms with van der Waals surface area (Å²) in [6, 6.07) is 7.00. The van der Waals surface area contributed by atoms with Crippen molar-refractivity contribution in [2.75, 3.05) is 26.9 Å². The van der Waals surface area contributed by atoms with Crippen LogP contribution < -0.4 is 10.1 Å². The highest BCUT2D eigenvalue weighted by atomic mass is 16.5. The summed E-state index contributed by atoms with van der Waals surface area (Å²) in [5.41, 5.74) is 2.71. The van der Waals surface area contributed by atoms with Crippen LogP contribution in [-0.2, 0) is 16.6 Å². The van der Waals surface area contributed by atoms with Crippen molar-refractivity contribution < 1.29 is 9.47 Å². The highest BCUT2D eigenvalue weighted by Gasteiger charge is 2.42. The summed E-state index contributed by atoms with van der Waals surface area (Å²) in [5, 5.41) is 3.54. The smallest absolute Gasteiger partial charge is 0.122 e. The van der Waals surface area contributed by atoms with Gasteiger partial charge >= 0.3 is 0 Å². The van der Waals surface area contributed by atoms with E-state index < -0.39 is 0 Å². The van der Waals surface area contributed by atoms with Crippen LogP contribution in [0.3, 0.4) is 0 Å². The van der Waals surface area contributed by atoms with Crippen LogP contribution in [0, 0.1) is 0 Å². The molecule has 1 aromatic rings. The van der Waals surface area contributed by atoms with E-state index in [1.807, 2.05) is 0 Å². The van der Waals surface area contributed by atoms with Gasteiger partial charge in [-0.1, -0.05) is 32.9 Å². The lowest BCUT2D eigenvalue weighted by Crippen LogP contribution is -2.54. The molecule has 19 heavy (non-hydrogen) atoms. The third kappa shape index (κ3) is 2.93.